The van der Waals surface area contributed by atoms with Crippen molar-refractivity contribution in [3.8, 4) is 21.9 Å². The maximum atomic E-state index is 11.2. The fourth-order valence-electron chi connectivity index (χ4n) is 2.27. The molecular weight excluding hydrogens is 340 g/mol. The third-order valence-corrected chi connectivity index (χ3v) is 4.28. The molecule has 0 aliphatic heterocycles. The van der Waals surface area contributed by atoms with Crippen molar-refractivity contribution in [3.05, 3.63) is 41.7 Å². The van der Waals surface area contributed by atoms with Gasteiger partial charge in [0, 0.05) is 18.0 Å². The number of anilines is 1. The van der Waals surface area contributed by atoms with Gasteiger partial charge in [0.2, 0.25) is 0 Å². The fraction of sp³-hybridized carbons (Fsp3) is 0.235. The highest BCUT2D eigenvalue weighted by Crippen LogP contribution is 2.34. The maximum absolute atomic E-state index is 11.2. The van der Waals surface area contributed by atoms with Gasteiger partial charge in [0.15, 0.2) is 5.82 Å². The van der Waals surface area contributed by atoms with Gasteiger partial charge in [-0.25, -0.2) is 9.48 Å². The van der Waals surface area contributed by atoms with Gasteiger partial charge >= 0.3 is 5.97 Å². The molecule has 0 saturated carbocycles. The molecule has 0 fully saturated rings. The molecule has 0 amide bonds. The molecule has 0 saturated heterocycles. The number of ether oxygens (including phenoxy) is 1. The summed E-state index contributed by atoms with van der Waals surface area (Å²) < 4.78 is 7.36. The van der Waals surface area contributed by atoms with E-state index in [0.29, 0.717) is 18.2 Å². The lowest BCUT2D eigenvalue weighted by Crippen LogP contribution is -2.06. The van der Waals surface area contributed by atoms with Crippen molar-refractivity contribution in [3.63, 3.8) is 0 Å². The largest absolute Gasteiger partial charge is 0.493 e. The molecule has 130 valence electrons. The molecule has 2 aromatic heterocycles. The molecule has 3 rings (SSSR count). The third kappa shape index (κ3) is 3.63. The number of thiazole rings is 1. The quantitative estimate of drug-likeness (QED) is 0.701. The molecule has 0 atom stereocenters. The lowest BCUT2D eigenvalue weighted by atomic mass is 10.1. The Labute approximate surface area is 148 Å². The molecule has 7 nitrogen and oxygen atoms in total. The summed E-state index contributed by atoms with van der Waals surface area (Å²) in [5.74, 6) is 0.0219. The van der Waals surface area contributed by atoms with E-state index in [1.165, 1.54) is 22.2 Å². The molecule has 1 aromatic carbocycles. The lowest BCUT2D eigenvalue weighted by molar-refractivity contribution is 0.0698. The van der Waals surface area contributed by atoms with Crippen LogP contribution in [-0.2, 0) is 0 Å². The summed E-state index contributed by atoms with van der Waals surface area (Å²) in [5, 5.41) is 13.2. The van der Waals surface area contributed by atoms with E-state index >= 15 is 0 Å². The number of hydrogen-bond acceptors (Lipinski definition) is 6. The average Bonchev–Trinajstić information content (AvgIpc) is 3.22. The van der Waals surface area contributed by atoms with Crippen LogP contribution in [0.3, 0.4) is 0 Å². The highest BCUT2D eigenvalue weighted by atomic mass is 32.1. The van der Waals surface area contributed by atoms with Crippen LogP contribution in [-0.4, -0.2) is 32.4 Å². The number of hydrogen-bond donors (Lipinski definition) is 2. The first kappa shape index (κ1) is 17.0. The van der Waals surface area contributed by atoms with E-state index in [2.05, 4.69) is 23.9 Å². The van der Waals surface area contributed by atoms with Gasteiger partial charge in [-0.2, -0.15) is 0 Å². The highest BCUT2D eigenvalue weighted by molar-refractivity contribution is 7.13. The van der Waals surface area contributed by atoms with Crippen molar-refractivity contribution in [2.45, 2.75) is 13.8 Å². The summed E-state index contributed by atoms with van der Waals surface area (Å²) in [7, 11) is 0. The average molecular weight is 358 g/mol. The zero-order valence-corrected chi connectivity index (χ0v) is 14.7. The molecule has 8 heteroatoms. The first-order valence-electron chi connectivity index (χ1n) is 7.70. The molecule has 0 aliphatic carbocycles. The molecule has 3 aromatic rings. The molecule has 25 heavy (non-hydrogen) atoms. The molecule has 2 heterocycles. The molecule has 3 N–H and O–H groups in total. The van der Waals surface area contributed by atoms with Crippen molar-refractivity contribution in [1.29, 1.82) is 0 Å². The smallest absolute Gasteiger partial charge is 0.341 e. The number of nitrogen functional groups attached to an aromatic ring is 1. The minimum absolute atomic E-state index is 0.0213. The van der Waals surface area contributed by atoms with Crippen LogP contribution in [0.2, 0.25) is 0 Å². The Balaban J connectivity index is 2.03. The summed E-state index contributed by atoms with van der Waals surface area (Å²) >= 11 is 1.50. The van der Waals surface area contributed by atoms with Crippen molar-refractivity contribution in [2.75, 3.05) is 12.3 Å². The zero-order valence-electron chi connectivity index (χ0n) is 13.8. The predicted molar refractivity (Wildman–Crippen MR) is 96.4 cm³/mol. The van der Waals surface area contributed by atoms with E-state index in [1.54, 1.807) is 11.7 Å². The second kappa shape index (κ2) is 6.94. The van der Waals surface area contributed by atoms with Gasteiger partial charge < -0.3 is 15.6 Å². The summed E-state index contributed by atoms with van der Waals surface area (Å²) in [4.78, 5) is 16.2. The molecule has 0 spiro atoms. The Morgan fingerprint density at radius 3 is 2.84 bits per heavy atom. The third-order valence-electron chi connectivity index (χ3n) is 3.47. The van der Waals surface area contributed by atoms with Crippen LogP contribution in [0.1, 0.15) is 24.2 Å². The first-order chi connectivity index (χ1) is 12.0. The number of aromatic nitrogens is 3. The number of carboxylic acid groups (broad SMARTS) is 1. The van der Waals surface area contributed by atoms with Crippen molar-refractivity contribution in [2.24, 2.45) is 5.92 Å². The Morgan fingerprint density at radius 2 is 2.24 bits per heavy atom. The molecule has 0 radical (unpaired) electrons. The number of aromatic carboxylic acids is 1. The van der Waals surface area contributed by atoms with Crippen LogP contribution in [0, 0.1) is 5.92 Å². The Kier molecular flexibility index (Phi) is 4.71. The number of nitrogens with two attached hydrogens (primary N) is 1. The summed E-state index contributed by atoms with van der Waals surface area (Å²) in [5.41, 5.74) is 8.98. The topological polar surface area (TPSA) is 103 Å². The number of carboxylic acids is 1. The molecule has 0 unspecified atom stereocenters. The summed E-state index contributed by atoms with van der Waals surface area (Å²) in [6, 6.07) is 5.56. The summed E-state index contributed by atoms with van der Waals surface area (Å²) in [6.07, 6.45) is 3.17. The Bertz CT molecular complexity index is 887. The number of carbonyl (C=O) groups is 1. The lowest BCUT2D eigenvalue weighted by Gasteiger charge is -2.13. The van der Waals surface area contributed by atoms with E-state index in [4.69, 9.17) is 15.6 Å². The van der Waals surface area contributed by atoms with Gasteiger partial charge in [-0.15, -0.1) is 16.4 Å². The molecule has 0 bridgehead atoms. The Morgan fingerprint density at radius 1 is 1.44 bits per heavy atom. The minimum atomic E-state index is -1.11. The minimum Gasteiger partial charge on any atom is -0.493 e. The van der Waals surface area contributed by atoms with Crippen molar-refractivity contribution >= 4 is 23.1 Å². The van der Waals surface area contributed by atoms with Crippen LogP contribution in [0.4, 0.5) is 5.82 Å². The Hall–Kier alpha value is -2.87. The standard InChI is InChI=1S/C17H18N4O3S/c1-10(2)8-24-14-4-3-11(5-12(14)15-6-19-9-25-15)21-7-13(17(22)23)16(18)20-21/h3-7,9-10H,8H2,1-2H3,(H2,18,20)(H,22,23). The van der Waals surface area contributed by atoms with Crippen LogP contribution >= 0.6 is 11.3 Å². The van der Waals surface area contributed by atoms with Crippen molar-refractivity contribution < 1.29 is 14.6 Å². The fourth-order valence-corrected chi connectivity index (χ4v) is 2.91. The highest BCUT2D eigenvalue weighted by Gasteiger charge is 2.16. The molecule has 0 aliphatic rings. The first-order valence-corrected chi connectivity index (χ1v) is 8.58. The van der Waals surface area contributed by atoms with E-state index in [1.807, 2.05) is 18.2 Å². The van der Waals surface area contributed by atoms with Crippen LogP contribution in [0.15, 0.2) is 36.1 Å². The van der Waals surface area contributed by atoms with Gasteiger partial charge in [-0.05, 0) is 24.1 Å². The number of rotatable bonds is 6. The van der Waals surface area contributed by atoms with Crippen LogP contribution < -0.4 is 10.5 Å². The monoisotopic (exact) mass is 358 g/mol. The predicted octanol–water partition coefficient (Wildman–Crippen LogP) is 3.31. The second-order valence-corrected chi connectivity index (χ2v) is 6.82. The zero-order chi connectivity index (χ0) is 18.0. The van der Waals surface area contributed by atoms with E-state index in [0.717, 1.165) is 16.2 Å². The maximum Gasteiger partial charge on any atom is 0.341 e. The number of benzene rings is 1. The number of nitrogens with zero attached hydrogens (tertiary/aromatic N) is 3. The second-order valence-electron chi connectivity index (χ2n) is 5.93. The van der Waals surface area contributed by atoms with E-state index in [9.17, 15) is 4.79 Å². The van der Waals surface area contributed by atoms with Gasteiger partial charge in [0.1, 0.15) is 11.3 Å². The van der Waals surface area contributed by atoms with Gasteiger partial charge in [-0.3, -0.25) is 4.98 Å². The summed E-state index contributed by atoms with van der Waals surface area (Å²) in [6.45, 7) is 4.77. The SMILES string of the molecule is CC(C)COc1ccc(-n2cc(C(=O)O)c(N)n2)cc1-c1cncs1. The van der Waals surface area contributed by atoms with Gasteiger partial charge in [0.25, 0.3) is 0 Å². The van der Waals surface area contributed by atoms with Gasteiger partial charge in [0.05, 0.1) is 22.7 Å². The normalized spacial score (nSPS) is 11.0. The molecular formula is C17H18N4O3S. The van der Waals surface area contributed by atoms with Crippen molar-refractivity contribution in [1.82, 2.24) is 14.8 Å². The van der Waals surface area contributed by atoms with Gasteiger partial charge in [-0.1, -0.05) is 13.8 Å². The van der Waals surface area contributed by atoms with E-state index < -0.39 is 5.97 Å². The van der Waals surface area contributed by atoms with E-state index in [-0.39, 0.29) is 11.4 Å². The van der Waals surface area contributed by atoms with Crippen LogP contribution in [0.5, 0.6) is 5.75 Å². The van der Waals surface area contributed by atoms with Crippen LogP contribution in [0.25, 0.3) is 16.1 Å².